The van der Waals surface area contributed by atoms with E-state index >= 15 is 0 Å². The molecule has 1 aromatic heterocycles. The van der Waals surface area contributed by atoms with Crippen molar-refractivity contribution in [3.63, 3.8) is 0 Å². The summed E-state index contributed by atoms with van der Waals surface area (Å²) in [4.78, 5) is 13.7. The van der Waals surface area contributed by atoms with E-state index in [4.69, 9.17) is 0 Å². The van der Waals surface area contributed by atoms with Gasteiger partial charge in [-0.2, -0.15) is 5.10 Å². The monoisotopic (exact) mass is 273 g/mol. The van der Waals surface area contributed by atoms with Crippen LogP contribution in [0.4, 0.5) is 0 Å². The molecule has 1 aromatic rings. The summed E-state index contributed by atoms with van der Waals surface area (Å²) >= 11 is 3.31. The van der Waals surface area contributed by atoms with E-state index in [1.54, 1.807) is 22.0 Å². The molecule has 4 nitrogen and oxygen atoms in total. The summed E-state index contributed by atoms with van der Waals surface area (Å²) in [5.74, 6) is 0.0700. The second kappa shape index (κ2) is 4.79. The van der Waals surface area contributed by atoms with Crippen molar-refractivity contribution in [1.82, 2.24) is 14.7 Å². The molecule has 0 spiro atoms. The predicted molar refractivity (Wildman–Crippen MR) is 62.5 cm³/mol. The van der Waals surface area contributed by atoms with Crippen LogP contribution in [0.2, 0.25) is 0 Å². The van der Waals surface area contributed by atoms with Crippen LogP contribution in [0.5, 0.6) is 0 Å². The van der Waals surface area contributed by atoms with Gasteiger partial charge in [0.05, 0.1) is 10.7 Å². The molecule has 0 aromatic carbocycles. The van der Waals surface area contributed by atoms with Crippen molar-refractivity contribution >= 4 is 21.8 Å². The molecule has 0 saturated heterocycles. The molecule has 0 fully saturated rings. The normalized spacial score (nSPS) is 12.9. The van der Waals surface area contributed by atoms with Crippen LogP contribution in [-0.2, 0) is 4.79 Å². The fraction of sp³-hybridized carbons (Fsp3) is 0.600. The Morgan fingerprint density at radius 2 is 2.13 bits per heavy atom. The SMILES string of the molecule is CC(C)N(C)C(=O)C(C)n1cc(Br)cn1. The molecule has 0 aliphatic heterocycles. The van der Waals surface area contributed by atoms with Crippen LogP contribution in [0.25, 0.3) is 0 Å². The minimum atomic E-state index is -0.260. The molecule has 1 rings (SSSR count). The van der Waals surface area contributed by atoms with Crippen molar-refractivity contribution in [2.24, 2.45) is 0 Å². The number of aromatic nitrogens is 2. The Morgan fingerprint density at radius 3 is 2.53 bits per heavy atom. The highest BCUT2D eigenvalue weighted by atomic mass is 79.9. The minimum Gasteiger partial charge on any atom is -0.341 e. The third kappa shape index (κ3) is 2.81. The quantitative estimate of drug-likeness (QED) is 0.846. The molecule has 5 heteroatoms. The molecule has 0 aliphatic rings. The molecule has 0 radical (unpaired) electrons. The van der Waals surface area contributed by atoms with E-state index in [1.165, 1.54) is 0 Å². The average Bonchev–Trinajstić information content (AvgIpc) is 2.61. The van der Waals surface area contributed by atoms with Crippen molar-refractivity contribution in [2.45, 2.75) is 32.9 Å². The van der Waals surface area contributed by atoms with Crippen LogP contribution < -0.4 is 0 Å². The first kappa shape index (κ1) is 12.2. The molecule has 0 aliphatic carbocycles. The Kier molecular flexibility index (Phi) is 3.90. The van der Waals surface area contributed by atoms with Crippen molar-refractivity contribution in [3.8, 4) is 0 Å². The second-order valence-corrected chi connectivity index (χ2v) is 4.77. The fourth-order valence-corrected chi connectivity index (χ4v) is 1.49. The number of amides is 1. The Morgan fingerprint density at radius 1 is 1.53 bits per heavy atom. The number of rotatable bonds is 3. The first-order valence-electron chi connectivity index (χ1n) is 4.89. The maximum absolute atomic E-state index is 11.9. The number of carbonyl (C=O) groups excluding carboxylic acids is 1. The first-order chi connectivity index (χ1) is 6.93. The molecule has 0 N–H and O–H groups in total. The lowest BCUT2D eigenvalue weighted by Gasteiger charge is -2.25. The summed E-state index contributed by atoms with van der Waals surface area (Å²) in [6.07, 6.45) is 3.48. The number of carbonyl (C=O) groups is 1. The van der Waals surface area contributed by atoms with Gasteiger partial charge in [-0.05, 0) is 36.7 Å². The van der Waals surface area contributed by atoms with Crippen molar-refractivity contribution in [1.29, 1.82) is 0 Å². The lowest BCUT2D eigenvalue weighted by atomic mass is 10.2. The standard InChI is InChI=1S/C10H16BrN3O/c1-7(2)13(4)10(15)8(3)14-6-9(11)5-12-14/h5-8H,1-4H3. The summed E-state index contributed by atoms with van der Waals surface area (Å²) in [5.41, 5.74) is 0. The number of nitrogens with zero attached hydrogens (tertiary/aromatic N) is 3. The van der Waals surface area contributed by atoms with E-state index in [1.807, 2.05) is 27.8 Å². The molecule has 0 bridgehead atoms. The number of likely N-dealkylation sites (N-methyl/N-ethyl adjacent to an activating group) is 1. The molecule has 1 heterocycles. The van der Waals surface area contributed by atoms with Gasteiger partial charge in [-0.3, -0.25) is 9.48 Å². The van der Waals surface area contributed by atoms with E-state index in [0.29, 0.717) is 0 Å². The van der Waals surface area contributed by atoms with Gasteiger partial charge in [0.1, 0.15) is 6.04 Å². The first-order valence-corrected chi connectivity index (χ1v) is 5.69. The van der Waals surface area contributed by atoms with Gasteiger partial charge in [-0.1, -0.05) is 0 Å². The topological polar surface area (TPSA) is 38.1 Å². The highest BCUT2D eigenvalue weighted by molar-refractivity contribution is 9.10. The number of halogens is 1. The molecule has 1 atom stereocenters. The van der Waals surface area contributed by atoms with Gasteiger partial charge in [0.25, 0.3) is 0 Å². The lowest BCUT2D eigenvalue weighted by Crippen LogP contribution is -2.37. The van der Waals surface area contributed by atoms with Gasteiger partial charge in [0, 0.05) is 19.3 Å². The van der Waals surface area contributed by atoms with Gasteiger partial charge >= 0.3 is 0 Å². The predicted octanol–water partition coefficient (Wildman–Crippen LogP) is 2.07. The van der Waals surface area contributed by atoms with Crippen molar-refractivity contribution in [2.75, 3.05) is 7.05 Å². The highest BCUT2D eigenvalue weighted by Gasteiger charge is 2.21. The molecule has 0 saturated carbocycles. The lowest BCUT2D eigenvalue weighted by molar-refractivity contribution is -0.134. The van der Waals surface area contributed by atoms with Gasteiger partial charge in [0.2, 0.25) is 5.91 Å². The van der Waals surface area contributed by atoms with E-state index in [-0.39, 0.29) is 18.0 Å². The highest BCUT2D eigenvalue weighted by Crippen LogP contribution is 2.14. The summed E-state index contributed by atoms with van der Waals surface area (Å²) in [5, 5.41) is 4.10. The van der Waals surface area contributed by atoms with Crippen LogP contribution in [0.15, 0.2) is 16.9 Å². The molecule has 1 amide bonds. The Balaban J connectivity index is 2.77. The van der Waals surface area contributed by atoms with E-state index < -0.39 is 0 Å². The van der Waals surface area contributed by atoms with Crippen LogP contribution in [0, 0.1) is 0 Å². The third-order valence-electron chi connectivity index (χ3n) is 2.45. The van der Waals surface area contributed by atoms with Crippen LogP contribution >= 0.6 is 15.9 Å². The number of hydrogen-bond donors (Lipinski definition) is 0. The molecule has 84 valence electrons. The molecular formula is C10H16BrN3O. The Hall–Kier alpha value is -0.840. The molecule has 1 unspecified atom stereocenters. The van der Waals surface area contributed by atoms with Gasteiger partial charge in [-0.15, -0.1) is 0 Å². The van der Waals surface area contributed by atoms with Gasteiger partial charge in [-0.25, -0.2) is 0 Å². The van der Waals surface area contributed by atoms with Crippen molar-refractivity contribution in [3.05, 3.63) is 16.9 Å². The largest absolute Gasteiger partial charge is 0.341 e. The summed E-state index contributed by atoms with van der Waals surface area (Å²) < 4.78 is 2.54. The van der Waals surface area contributed by atoms with Crippen molar-refractivity contribution < 1.29 is 4.79 Å². The maximum atomic E-state index is 11.9. The van der Waals surface area contributed by atoms with Crippen LogP contribution in [0.1, 0.15) is 26.8 Å². The van der Waals surface area contributed by atoms with E-state index in [0.717, 1.165) is 4.47 Å². The van der Waals surface area contributed by atoms with E-state index in [9.17, 15) is 4.79 Å². The molecular weight excluding hydrogens is 258 g/mol. The maximum Gasteiger partial charge on any atom is 0.247 e. The second-order valence-electron chi connectivity index (χ2n) is 3.86. The average molecular weight is 274 g/mol. The summed E-state index contributed by atoms with van der Waals surface area (Å²) in [6.45, 7) is 5.83. The fourth-order valence-electron chi connectivity index (χ4n) is 1.19. The van der Waals surface area contributed by atoms with E-state index in [2.05, 4.69) is 21.0 Å². The third-order valence-corrected chi connectivity index (χ3v) is 2.86. The Bertz CT molecular complexity index is 348. The Labute approximate surface area is 98.4 Å². The zero-order valence-electron chi connectivity index (χ0n) is 9.44. The summed E-state index contributed by atoms with van der Waals surface area (Å²) in [6, 6.07) is -0.0531. The number of hydrogen-bond acceptors (Lipinski definition) is 2. The zero-order valence-corrected chi connectivity index (χ0v) is 11.0. The van der Waals surface area contributed by atoms with Gasteiger partial charge in [0.15, 0.2) is 0 Å². The van der Waals surface area contributed by atoms with Gasteiger partial charge < -0.3 is 4.90 Å². The summed E-state index contributed by atoms with van der Waals surface area (Å²) in [7, 11) is 1.81. The zero-order chi connectivity index (χ0) is 11.6. The van der Waals surface area contributed by atoms with Crippen LogP contribution in [-0.4, -0.2) is 33.7 Å². The smallest absolute Gasteiger partial charge is 0.247 e. The van der Waals surface area contributed by atoms with Crippen LogP contribution in [0.3, 0.4) is 0 Å². The minimum absolute atomic E-state index is 0.0700. The molecule has 15 heavy (non-hydrogen) atoms.